The molecule has 0 aliphatic carbocycles. The number of nitrogens with zero attached hydrogens (tertiary/aromatic N) is 3. The number of pyridine rings is 2. The average Bonchev–Trinajstić information content (AvgIpc) is 3.71. The van der Waals surface area contributed by atoms with Crippen LogP contribution in [0, 0.1) is 11.6 Å². The molecular formula is C39H40F2N6. The minimum Gasteiger partial charge on any atom is -0.360 e. The lowest BCUT2D eigenvalue weighted by Crippen LogP contribution is -2.10. The van der Waals surface area contributed by atoms with Gasteiger partial charge in [-0.05, 0) is 141 Å². The first-order valence-corrected chi connectivity index (χ1v) is 15.7. The fourth-order valence-electron chi connectivity index (χ4n) is 5.45. The molecule has 6 aromatic rings. The van der Waals surface area contributed by atoms with Crippen molar-refractivity contribution in [2.24, 2.45) is 5.73 Å². The number of halogens is 2. The molecule has 0 fully saturated rings. The van der Waals surface area contributed by atoms with Gasteiger partial charge in [0.15, 0.2) is 0 Å². The molecule has 0 radical (unpaired) electrons. The number of nitrogens with one attached hydrogen (secondary N) is 2. The molecule has 4 heterocycles. The number of nitrogens with two attached hydrogens (primary N) is 1. The van der Waals surface area contributed by atoms with Crippen LogP contribution in [0.1, 0.15) is 24.0 Å². The molecule has 6 nitrogen and oxygen atoms in total. The summed E-state index contributed by atoms with van der Waals surface area (Å²) in [5, 5.41) is 0. The predicted octanol–water partition coefficient (Wildman–Crippen LogP) is 8.62. The van der Waals surface area contributed by atoms with Crippen LogP contribution < -0.4 is 5.73 Å². The van der Waals surface area contributed by atoms with Gasteiger partial charge in [-0.15, -0.1) is 0 Å². The van der Waals surface area contributed by atoms with Gasteiger partial charge in [-0.25, -0.2) is 8.78 Å². The Kier molecular flexibility index (Phi) is 11.6. The number of hydrogen-bond acceptors (Lipinski definition) is 4. The average molecular weight is 631 g/mol. The predicted molar refractivity (Wildman–Crippen MR) is 188 cm³/mol. The van der Waals surface area contributed by atoms with Crippen molar-refractivity contribution >= 4 is 6.08 Å². The first-order chi connectivity index (χ1) is 22.9. The Bertz CT molecular complexity index is 1840. The van der Waals surface area contributed by atoms with Gasteiger partial charge in [0.05, 0.1) is 11.4 Å². The molecule has 0 aliphatic heterocycles. The molecule has 240 valence electrons. The Labute approximate surface area is 275 Å². The van der Waals surface area contributed by atoms with Gasteiger partial charge >= 0.3 is 0 Å². The second-order valence-electron chi connectivity index (χ2n) is 11.5. The molecule has 6 rings (SSSR count). The molecule has 0 unspecified atom stereocenters. The standard InChI is InChI=1S/C20H20FN3.C19H20FN3/c1-24(2)13-3-4-17-14-23-20(16-5-7-18(21)8-6-16)19(17)15-9-11-22-12-10-15;20-17-6-4-15(5-7-17)19-18(14-8-11-22-12-9-14)16(13-23-19)3-1-2-10-21/h3-12,14,23H,13H2,1-2H3;4-9,11-13,23H,1-3,10,21H2. The molecule has 0 bridgehead atoms. The van der Waals surface area contributed by atoms with Gasteiger partial charge in [0.2, 0.25) is 0 Å². The van der Waals surface area contributed by atoms with Gasteiger partial charge in [-0.2, -0.15) is 0 Å². The van der Waals surface area contributed by atoms with E-state index in [0.29, 0.717) is 6.54 Å². The molecule has 0 amide bonds. The summed E-state index contributed by atoms with van der Waals surface area (Å²) in [6, 6.07) is 21.1. The Morgan fingerprint density at radius 2 is 1.17 bits per heavy atom. The van der Waals surface area contributed by atoms with Crippen LogP contribution in [0.2, 0.25) is 0 Å². The molecule has 47 heavy (non-hydrogen) atoms. The van der Waals surface area contributed by atoms with Crippen molar-refractivity contribution in [3.63, 3.8) is 0 Å². The number of rotatable bonds is 11. The number of likely N-dealkylation sites (N-methyl/N-ethyl adjacent to an activating group) is 1. The van der Waals surface area contributed by atoms with Crippen LogP contribution in [0.5, 0.6) is 0 Å². The monoisotopic (exact) mass is 630 g/mol. The number of aryl methyl sites for hydroxylation is 1. The summed E-state index contributed by atoms with van der Waals surface area (Å²) in [7, 11) is 4.07. The first-order valence-electron chi connectivity index (χ1n) is 15.7. The van der Waals surface area contributed by atoms with E-state index in [1.54, 1.807) is 49.1 Å². The van der Waals surface area contributed by atoms with Crippen LogP contribution in [0.4, 0.5) is 8.78 Å². The maximum Gasteiger partial charge on any atom is 0.123 e. The highest BCUT2D eigenvalue weighted by Crippen LogP contribution is 2.36. The summed E-state index contributed by atoms with van der Waals surface area (Å²) in [5.41, 5.74) is 16.3. The number of aromatic nitrogens is 4. The number of hydrogen-bond donors (Lipinski definition) is 3. The minimum absolute atomic E-state index is 0.228. The summed E-state index contributed by atoms with van der Waals surface area (Å²) in [5.74, 6) is -0.462. The van der Waals surface area contributed by atoms with Crippen molar-refractivity contribution < 1.29 is 8.78 Å². The zero-order valence-electron chi connectivity index (χ0n) is 26.8. The van der Waals surface area contributed by atoms with E-state index in [-0.39, 0.29) is 11.6 Å². The molecule has 4 aromatic heterocycles. The summed E-state index contributed by atoms with van der Waals surface area (Å²) in [6.07, 6.45) is 18.4. The van der Waals surface area contributed by atoms with Gasteiger partial charge in [0.25, 0.3) is 0 Å². The molecule has 0 atom stereocenters. The molecule has 0 spiro atoms. The number of benzene rings is 2. The molecule has 4 N–H and O–H groups in total. The lowest BCUT2D eigenvalue weighted by Gasteiger charge is -2.08. The fraction of sp³-hybridized carbons (Fsp3) is 0.179. The van der Waals surface area contributed by atoms with E-state index < -0.39 is 0 Å². The van der Waals surface area contributed by atoms with E-state index in [4.69, 9.17) is 5.73 Å². The van der Waals surface area contributed by atoms with Gasteiger partial charge in [-0.3, -0.25) is 9.97 Å². The maximum atomic E-state index is 13.2. The third-order valence-corrected chi connectivity index (χ3v) is 7.74. The molecule has 0 saturated carbocycles. The molecular weight excluding hydrogens is 590 g/mol. The molecule has 2 aromatic carbocycles. The van der Waals surface area contributed by atoms with Crippen LogP contribution in [0.25, 0.3) is 50.8 Å². The molecule has 0 aliphatic rings. The third kappa shape index (κ3) is 8.76. The van der Waals surface area contributed by atoms with Crippen molar-refractivity contribution in [1.29, 1.82) is 0 Å². The van der Waals surface area contributed by atoms with E-state index in [2.05, 4.69) is 37.0 Å². The van der Waals surface area contributed by atoms with Gasteiger partial charge in [-0.1, -0.05) is 12.2 Å². The van der Waals surface area contributed by atoms with Crippen LogP contribution >= 0.6 is 0 Å². The lowest BCUT2D eigenvalue weighted by molar-refractivity contribution is 0.457. The quantitative estimate of drug-likeness (QED) is 0.125. The smallest absolute Gasteiger partial charge is 0.123 e. The Balaban J connectivity index is 0.000000185. The summed E-state index contributed by atoms with van der Waals surface area (Å²) in [6.45, 7) is 1.58. The van der Waals surface area contributed by atoms with E-state index in [9.17, 15) is 8.78 Å². The van der Waals surface area contributed by atoms with Crippen LogP contribution in [0.3, 0.4) is 0 Å². The Morgan fingerprint density at radius 1 is 0.660 bits per heavy atom. The van der Waals surface area contributed by atoms with Gasteiger partial charge in [0.1, 0.15) is 11.6 Å². The summed E-state index contributed by atoms with van der Waals surface area (Å²) >= 11 is 0. The zero-order valence-corrected chi connectivity index (χ0v) is 26.8. The topological polar surface area (TPSA) is 86.6 Å². The van der Waals surface area contributed by atoms with Gasteiger partial charge < -0.3 is 20.6 Å². The highest BCUT2D eigenvalue weighted by molar-refractivity contribution is 5.88. The number of aromatic amines is 2. The van der Waals surface area contributed by atoms with E-state index in [0.717, 1.165) is 76.1 Å². The second-order valence-corrected chi connectivity index (χ2v) is 11.5. The number of H-pyrrole nitrogens is 2. The Hall–Kier alpha value is -5.18. The number of unbranched alkanes of at least 4 members (excludes halogenated alkanes) is 1. The summed E-state index contributed by atoms with van der Waals surface area (Å²) < 4.78 is 26.4. The van der Waals surface area contributed by atoms with Crippen LogP contribution in [0.15, 0.2) is 116 Å². The Morgan fingerprint density at radius 3 is 1.70 bits per heavy atom. The molecule has 0 saturated heterocycles. The minimum atomic E-state index is -0.234. The van der Waals surface area contributed by atoms with Crippen molar-refractivity contribution in [1.82, 2.24) is 24.8 Å². The van der Waals surface area contributed by atoms with E-state index >= 15 is 0 Å². The SMILES string of the molecule is CN(C)CC=Cc1c[nH]c(-c2ccc(F)cc2)c1-c1ccncc1.NCCCCc1c[nH]c(-c2ccc(F)cc2)c1-c1ccncc1. The first kappa shape index (κ1) is 33.2. The largest absolute Gasteiger partial charge is 0.360 e. The summed E-state index contributed by atoms with van der Waals surface area (Å²) in [4.78, 5) is 17.0. The zero-order chi connectivity index (χ0) is 33.0. The van der Waals surface area contributed by atoms with Crippen LogP contribution in [-0.2, 0) is 6.42 Å². The van der Waals surface area contributed by atoms with Gasteiger partial charge in [0, 0.05) is 60.4 Å². The fourth-order valence-corrected chi connectivity index (χ4v) is 5.45. The van der Waals surface area contributed by atoms with Crippen molar-refractivity contribution in [3.05, 3.63) is 139 Å². The van der Waals surface area contributed by atoms with Crippen molar-refractivity contribution in [3.8, 4) is 44.8 Å². The van der Waals surface area contributed by atoms with Crippen molar-refractivity contribution in [2.75, 3.05) is 27.2 Å². The maximum absolute atomic E-state index is 13.2. The van der Waals surface area contributed by atoms with E-state index in [1.807, 2.05) is 50.8 Å². The second kappa shape index (κ2) is 16.4. The van der Waals surface area contributed by atoms with Crippen molar-refractivity contribution in [2.45, 2.75) is 19.3 Å². The highest BCUT2D eigenvalue weighted by Gasteiger charge is 2.15. The van der Waals surface area contributed by atoms with Crippen LogP contribution in [-0.4, -0.2) is 52.0 Å². The highest BCUT2D eigenvalue weighted by atomic mass is 19.1. The third-order valence-electron chi connectivity index (χ3n) is 7.74. The van der Waals surface area contributed by atoms with E-state index in [1.165, 1.54) is 29.8 Å². The normalized spacial score (nSPS) is 11.2. The lowest BCUT2D eigenvalue weighted by atomic mass is 9.96. The molecule has 8 heteroatoms.